The zero-order chi connectivity index (χ0) is 19.1. The first-order valence-electron chi connectivity index (χ1n) is 9.69. The Bertz CT molecular complexity index is 369. The zero-order valence-electron chi connectivity index (χ0n) is 17.2. The van der Waals surface area contributed by atoms with Crippen LogP contribution >= 0.6 is 0 Å². The molecular weight excluding hydrogens is 560 g/mol. The van der Waals surface area contributed by atoms with Crippen molar-refractivity contribution < 1.29 is 25.3 Å². The van der Waals surface area contributed by atoms with Gasteiger partial charge < -0.3 is 15.7 Å². The second-order valence-electron chi connectivity index (χ2n) is 6.49. The Kier molecular flexibility index (Phi) is 25.0. The van der Waals surface area contributed by atoms with Gasteiger partial charge in [-0.05, 0) is 0 Å². The normalized spacial score (nSPS) is 12.8. The van der Waals surface area contributed by atoms with Crippen LogP contribution in [-0.4, -0.2) is 88.9 Å². The Balaban J connectivity index is -0.000000398. The molecule has 0 unspecified atom stereocenters. The van der Waals surface area contributed by atoms with Crippen LogP contribution in [0.15, 0.2) is 12.2 Å². The van der Waals surface area contributed by atoms with E-state index in [-0.39, 0.29) is 42.3 Å². The number of nitrogens with zero attached hydrogens (tertiary/aromatic N) is 1. The van der Waals surface area contributed by atoms with E-state index in [1.165, 1.54) is 38.5 Å². The van der Waals surface area contributed by atoms with Gasteiger partial charge in [0.2, 0.25) is 0 Å². The Morgan fingerprint density at radius 3 is 1.56 bits per heavy atom. The number of aliphatic hydroxyl groups excluding tert-OH is 1. The molecule has 0 bridgehead atoms. The van der Waals surface area contributed by atoms with Crippen LogP contribution in [0.4, 0.5) is 0 Å². The number of hydrogen-bond acceptors (Lipinski definition) is 4. The van der Waals surface area contributed by atoms with Crippen molar-refractivity contribution in [3.8, 4) is 0 Å². The molecule has 0 fully saturated rings. The summed E-state index contributed by atoms with van der Waals surface area (Å²) in [6, 6.07) is 0. The van der Waals surface area contributed by atoms with E-state index < -0.39 is 37.9 Å². The molecule has 1 rings (SSSR count). The molecule has 0 aliphatic carbocycles. The predicted molar refractivity (Wildman–Crippen MR) is 114 cm³/mol. The van der Waals surface area contributed by atoms with Crippen molar-refractivity contribution in [1.29, 1.82) is 0 Å². The number of imide groups is 1. The summed E-state index contributed by atoms with van der Waals surface area (Å²) in [5, 5.41) is 16.9. The molecule has 0 aromatic heterocycles. The van der Waals surface area contributed by atoms with Crippen molar-refractivity contribution in [2.75, 3.05) is 6.54 Å². The minimum absolute atomic E-state index is 0. The van der Waals surface area contributed by atoms with Crippen LogP contribution in [-0.2, 0) is 9.59 Å². The molecule has 6 nitrogen and oxygen atoms in total. The third-order valence-electron chi connectivity index (χ3n) is 4.16. The number of rotatable bonds is 12. The summed E-state index contributed by atoms with van der Waals surface area (Å²) in [5.74, 6) is -0.804. The van der Waals surface area contributed by atoms with Gasteiger partial charge in [-0.2, -0.15) is 0 Å². The van der Waals surface area contributed by atoms with E-state index in [1.54, 1.807) is 13.3 Å². The van der Waals surface area contributed by atoms with Gasteiger partial charge in [0, 0.05) is 25.1 Å². The molecule has 1 aliphatic rings. The Morgan fingerprint density at radius 2 is 1.26 bits per heavy atom. The molecule has 0 atom stereocenters. The Labute approximate surface area is 188 Å². The number of carbonyl (C=O) groups excluding carboxylic acids is 2. The quantitative estimate of drug-likeness (QED) is 0.204. The molecule has 0 spiro atoms. The van der Waals surface area contributed by atoms with Crippen LogP contribution in [0.5, 0.6) is 0 Å². The van der Waals surface area contributed by atoms with Crippen molar-refractivity contribution in [1.82, 2.24) is 4.90 Å². The van der Waals surface area contributed by atoms with Gasteiger partial charge in [0.05, 0.1) is 0 Å². The van der Waals surface area contributed by atoms with E-state index in [2.05, 4.69) is 20.8 Å². The third-order valence-corrected chi connectivity index (χ3v) is 13.2. The van der Waals surface area contributed by atoms with Gasteiger partial charge in [-0.1, -0.05) is 0 Å². The summed E-state index contributed by atoms with van der Waals surface area (Å²) in [6.07, 6.45) is 9.67. The van der Waals surface area contributed by atoms with Crippen LogP contribution in [0.2, 0.25) is 13.3 Å². The van der Waals surface area contributed by atoms with Gasteiger partial charge in [0.15, 0.2) is 6.29 Å². The number of aliphatic hydroxyl groups is 2. The molecule has 2 amide bonds. The fraction of sp³-hybridized carbons (Fsp3) is 0.789. The fourth-order valence-corrected chi connectivity index (χ4v) is 12.0. The standard InChI is InChI=1S/C7H9NO4.3C4H9.H2O.2Sn.H/c9-5-1-2-6(10)8(5)4-3-7(11)12;3*1-3-4-2;;;;/h1-2,7,11-12H,3-4H2;3*1,3-4H2,2H3;1H2;;;. The van der Waals surface area contributed by atoms with Gasteiger partial charge in [0.25, 0.3) is 11.8 Å². The first-order valence-corrected chi connectivity index (χ1v) is 15.7. The summed E-state index contributed by atoms with van der Waals surface area (Å²) in [5.41, 5.74) is 0. The zero-order valence-corrected chi connectivity index (χ0v) is 23.4. The van der Waals surface area contributed by atoms with E-state index in [1.807, 2.05) is 0 Å². The van der Waals surface area contributed by atoms with E-state index in [4.69, 9.17) is 10.2 Å². The maximum atomic E-state index is 10.9. The first kappa shape index (κ1) is 32.0. The average molecular weight is 599 g/mol. The molecular formula is C19H39NO5Sn2. The molecule has 1 heterocycles. The van der Waals surface area contributed by atoms with Crippen LogP contribution in [0, 0.1) is 0 Å². The van der Waals surface area contributed by atoms with Gasteiger partial charge >= 0.3 is 116 Å². The molecule has 1 aliphatic heterocycles. The van der Waals surface area contributed by atoms with Crippen LogP contribution in [0.25, 0.3) is 0 Å². The van der Waals surface area contributed by atoms with E-state index >= 15 is 0 Å². The van der Waals surface area contributed by atoms with Gasteiger partial charge in [0.1, 0.15) is 0 Å². The van der Waals surface area contributed by atoms with Gasteiger partial charge in [-0.3, -0.25) is 14.5 Å². The summed E-state index contributed by atoms with van der Waals surface area (Å²) in [4.78, 5) is 22.7. The molecule has 8 heteroatoms. The predicted octanol–water partition coefficient (Wildman–Crippen LogP) is 2.02. The first-order chi connectivity index (χ1) is 12.0. The Hall–Kier alpha value is 0.357. The molecule has 0 saturated heterocycles. The van der Waals surface area contributed by atoms with Gasteiger partial charge in [-0.25, -0.2) is 0 Å². The molecule has 4 radical (unpaired) electrons. The summed E-state index contributed by atoms with van der Waals surface area (Å²) in [7, 11) is 0. The minimum atomic E-state index is -1.48. The molecule has 158 valence electrons. The molecule has 0 saturated carbocycles. The van der Waals surface area contributed by atoms with E-state index in [9.17, 15) is 9.59 Å². The topological polar surface area (TPSA) is 109 Å². The van der Waals surface area contributed by atoms with Crippen molar-refractivity contribution in [3.63, 3.8) is 0 Å². The second-order valence-corrected chi connectivity index (χ2v) is 15.1. The third kappa shape index (κ3) is 17.0. The summed E-state index contributed by atoms with van der Waals surface area (Å²) < 4.78 is 5.04. The number of amides is 2. The molecule has 0 aromatic rings. The fourth-order valence-electron chi connectivity index (χ4n) is 2.55. The Morgan fingerprint density at radius 1 is 0.889 bits per heavy atom. The van der Waals surface area contributed by atoms with Crippen LogP contribution < -0.4 is 0 Å². The number of carbonyl (C=O) groups is 2. The molecule has 27 heavy (non-hydrogen) atoms. The van der Waals surface area contributed by atoms with E-state index in [0.717, 1.165) is 17.1 Å². The van der Waals surface area contributed by atoms with E-state index in [0.29, 0.717) is 0 Å². The van der Waals surface area contributed by atoms with Crippen molar-refractivity contribution in [3.05, 3.63) is 12.2 Å². The van der Waals surface area contributed by atoms with Crippen molar-refractivity contribution >= 4 is 55.5 Å². The van der Waals surface area contributed by atoms with Crippen LogP contribution in [0.1, 0.15) is 65.7 Å². The monoisotopic (exact) mass is 601 g/mol. The maximum absolute atomic E-state index is 10.9. The molecule has 0 aromatic carbocycles. The van der Waals surface area contributed by atoms with Crippen LogP contribution in [0.3, 0.4) is 0 Å². The average Bonchev–Trinajstić information content (AvgIpc) is 2.91. The molecule has 4 N–H and O–H groups in total. The van der Waals surface area contributed by atoms with Crippen molar-refractivity contribution in [2.24, 2.45) is 0 Å². The number of hydrogen-bond donors (Lipinski definition) is 2. The SMILES string of the molecule is CCC[CH2][Sn]([CH2]CCC)[CH2]CCC.O.O=C1C=CC(=O)N1CCC(O)O.[SnH]. The summed E-state index contributed by atoms with van der Waals surface area (Å²) in [6.45, 7) is 7.05. The number of unbranched alkanes of at least 4 members (excludes halogenated alkanes) is 3. The van der Waals surface area contributed by atoms with Gasteiger partial charge in [-0.15, -0.1) is 0 Å². The summed E-state index contributed by atoms with van der Waals surface area (Å²) >= 11 is -0.839. The van der Waals surface area contributed by atoms with Crippen molar-refractivity contribution in [2.45, 2.75) is 85.3 Å². The second kappa shape index (κ2) is 21.1.